The summed E-state index contributed by atoms with van der Waals surface area (Å²) in [5.41, 5.74) is 2.99. The molecule has 0 radical (unpaired) electrons. The van der Waals surface area contributed by atoms with Crippen molar-refractivity contribution in [2.45, 2.75) is 20.5 Å². The number of halogens is 2. The van der Waals surface area contributed by atoms with E-state index in [0.717, 1.165) is 21.3 Å². The Kier molecular flexibility index (Phi) is 7.18. The van der Waals surface area contributed by atoms with Crippen molar-refractivity contribution in [3.05, 3.63) is 86.8 Å². The molecule has 29 heavy (non-hydrogen) atoms. The van der Waals surface area contributed by atoms with E-state index in [1.807, 2.05) is 50.2 Å². The monoisotopic (exact) mass is 473 g/mol. The normalized spacial score (nSPS) is 10.5. The summed E-state index contributed by atoms with van der Waals surface area (Å²) < 4.78 is 12.6. The van der Waals surface area contributed by atoms with Gasteiger partial charge in [0.25, 0.3) is 5.91 Å². The Morgan fingerprint density at radius 2 is 1.79 bits per heavy atom. The summed E-state index contributed by atoms with van der Waals surface area (Å²) in [4.78, 5) is 12.7. The number of nitrogens with one attached hydrogen (secondary N) is 1. The summed E-state index contributed by atoms with van der Waals surface area (Å²) in [6, 6.07) is 18.3. The first-order chi connectivity index (χ1) is 14.0. The van der Waals surface area contributed by atoms with Gasteiger partial charge in [-0.25, -0.2) is 0 Å². The summed E-state index contributed by atoms with van der Waals surface area (Å²) in [6.07, 6.45) is 0. The van der Waals surface area contributed by atoms with Gasteiger partial charge < -0.3 is 14.8 Å². The van der Waals surface area contributed by atoms with E-state index in [1.54, 1.807) is 24.3 Å². The molecule has 0 aliphatic heterocycles. The predicted octanol–water partition coefficient (Wildman–Crippen LogP) is 6.64. The molecule has 3 aromatic carbocycles. The van der Waals surface area contributed by atoms with E-state index in [1.165, 1.54) is 0 Å². The number of amides is 1. The molecule has 6 heteroatoms. The molecular formula is C23H21BrClNO3. The molecule has 3 rings (SSSR count). The Hall–Kier alpha value is -2.50. The number of carbonyl (C=O) groups excluding carboxylic acids is 1. The van der Waals surface area contributed by atoms with Gasteiger partial charge in [0.05, 0.1) is 6.61 Å². The lowest BCUT2D eigenvalue weighted by molar-refractivity contribution is 0.102. The molecule has 0 unspecified atom stereocenters. The van der Waals surface area contributed by atoms with Gasteiger partial charge in [-0.3, -0.25) is 4.79 Å². The predicted molar refractivity (Wildman–Crippen MR) is 120 cm³/mol. The van der Waals surface area contributed by atoms with Crippen molar-refractivity contribution >= 4 is 39.1 Å². The van der Waals surface area contributed by atoms with Crippen molar-refractivity contribution in [2.24, 2.45) is 0 Å². The molecule has 1 N–H and O–H groups in total. The van der Waals surface area contributed by atoms with Gasteiger partial charge in [0.2, 0.25) is 0 Å². The minimum Gasteiger partial charge on any atom is -0.493 e. The smallest absolute Gasteiger partial charge is 0.255 e. The molecule has 0 heterocycles. The van der Waals surface area contributed by atoms with Crippen molar-refractivity contribution in [1.82, 2.24) is 0 Å². The van der Waals surface area contributed by atoms with Crippen molar-refractivity contribution in [3.8, 4) is 11.5 Å². The number of hydrogen-bond acceptors (Lipinski definition) is 3. The standard InChI is InChI=1S/C23H21BrClNO3/c1-3-28-22-11-4-16(23(27)26-19-7-5-18(24)6-8-19)13-17(22)14-29-20-9-10-21(25)15(2)12-20/h4-13H,3,14H2,1-2H3,(H,26,27). The van der Waals surface area contributed by atoms with Crippen LogP contribution in [0.5, 0.6) is 11.5 Å². The highest BCUT2D eigenvalue weighted by molar-refractivity contribution is 9.10. The van der Waals surface area contributed by atoms with Crippen LogP contribution in [0, 0.1) is 6.92 Å². The van der Waals surface area contributed by atoms with Crippen LogP contribution < -0.4 is 14.8 Å². The molecule has 0 spiro atoms. The lowest BCUT2D eigenvalue weighted by Gasteiger charge is -2.14. The van der Waals surface area contributed by atoms with Crippen molar-refractivity contribution in [3.63, 3.8) is 0 Å². The lowest BCUT2D eigenvalue weighted by atomic mass is 10.1. The minimum atomic E-state index is -0.195. The van der Waals surface area contributed by atoms with Crippen LogP contribution in [0.25, 0.3) is 0 Å². The van der Waals surface area contributed by atoms with Gasteiger partial charge in [-0.15, -0.1) is 0 Å². The fraction of sp³-hybridized carbons (Fsp3) is 0.174. The number of carbonyl (C=O) groups is 1. The number of ether oxygens (including phenoxy) is 2. The first-order valence-electron chi connectivity index (χ1n) is 9.18. The fourth-order valence-corrected chi connectivity index (χ4v) is 3.12. The second-order valence-electron chi connectivity index (χ2n) is 6.42. The largest absolute Gasteiger partial charge is 0.493 e. The summed E-state index contributed by atoms with van der Waals surface area (Å²) in [6.45, 7) is 4.64. The van der Waals surface area contributed by atoms with E-state index in [9.17, 15) is 4.79 Å². The molecule has 3 aromatic rings. The summed E-state index contributed by atoms with van der Waals surface area (Å²) in [7, 11) is 0. The van der Waals surface area contributed by atoms with Crippen LogP contribution in [0.15, 0.2) is 65.1 Å². The second-order valence-corrected chi connectivity index (χ2v) is 7.74. The molecule has 0 aliphatic carbocycles. The highest BCUT2D eigenvalue weighted by Crippen LogP contribution is 2.26. The summed E-state index contributed by atoms with van der Waals surface area (Å²) in [5.74, 6) is 1.21. The first-order valence-corrected chi connectivity index (χ1v) is 10.3. The van der Waals surface area contributed by atoms with Crippen LogP contribution in [0.4, 0.5) is 5.69 Å². The number of benzene rings is 3. The van der Waals surface area contributed by atoms with Gasteiger partial charge in [-0.2, -0.15) is 0 Å². The molecular weight excluding hydrogens is 454 g/mol. The molecule has 0 saturated heterocycles. The minimum absolute atomic E-state index is 0.195. The third-order valence-corrected chi connectivity index (χ3v) is 5.20. The fourth-order valence-electron chi connectivity index (χ4n) is 2.73. The molecule has 0 atom stereocenters. The average Bonchev–Trinajstić information content (AvgIpc) is 2.71. The summed E-state index contributed by atoms with van der Waals surface area (Å²) >= 11 is 9.46. The molecule has 0 fully saturated rings. The van der Waals surface area contributed by atoms with E-state index in [0.29, 0.717) is 28.7 Å². The van der Waals surface area contributed by atoms with Gasteiger partial charge >= 0.3 is 0 Å². The zero-order chi connectivity index (χ0) is 20.8. The highest BCUT2D eigenvalue weighted by atomic mass is 79.9. The van der Waals surface area contributed by atoms with Crippen molar-refractivity contribution in [2.75, 3.05) is 11.9 Å². The zero-order valence-corrected chi connectivity index (χ0v) is 18.5. The zero-order valence-electron chi connectivity index (χ0n) is 16.2. The SMILES string of the molecule is CCOc1ccc(C(=O)Nc2ccc(Br)cc2)cc1COc1ccc(Cl)c(C)c1. The van der Waals surface area contributed by atoms with Gasteiger partial charge in [-0.05, 0) is 80.1 Å². The lowest BCUT2D eigenvalue weighted by Crippen LogP contribution is -2.13. The van der Waals surface area contributed by atoms with E-state index < -0.39 is 0 Å². The van der Waals surface area contributed by atoms with E-state index in [2.05, 4.69) is 21.2 Å². The molecule has 0 bridgehead atoms. The van der Waals surface area contributed by atoms with Crippen LogP contribution in [-0.4, -0.2) is 12.5 Å². The van der Waals surface area contributed by atoms with E-state index in [-0.39, 0.29) is 12.5 Å². The number of anilines is 1. The first kappa shape index (κ1) is 21.2. The van der Waals surface area contributed by atoms with Gasteiger partial charge in [0.1, 0.15) is 18.1 Å². The number of aryl methyl sites for hydroxylation is 1. The highest BCUT2D eigenvalue weighted by Gasteiger charge is 2.12. The Balaban J connectivity index is 1.78. The molecule has 0 saturated carbocycles. The topological polar surface area (TPSA) is 47.6 Å². The Labute approximate surface area is 183 Å². The molecule has 1 amide bonds. The van der Waals surface area contributed by atoms with Gasteiger partial charge in [0.15, 0.2) is 0 Å². The number of hydrogen-bond donors (Lipinski definition) is 1. The third kappa shape index (κ3) is 5.75. The maximum atomic E-state index is 12.7. The van der Waals surface area contributed by atoms with Crippen LogP contribution in [0.2, 0.25) is 5.02 Å². The number of rotatable bonds is 7. The Morgan fingerprint density at radius 3 is 2.48 bits per heavy atom. The van der Waals surface area contributed by atoms with Crippen LogP contribution >= 0.6 is 27.5 Å². The Bertz CT molecular complexity index is 1010. The Morgan fingerprint density at radius 1 is 1.03 bits per heavy atom. The molecule has 0 aliphatic rings. The van der Waals surface area contributed by atoms with Crippen LogP contribution in [0.3, 0.4) is 0 Å². The maximum absolute atomic E-state index is 12.7. The quantitative estimate of drug-likeness (QED) is 0.417. The molecule has 4 nitrogen and oxygen atoms in total. The molecule has 150 valence electrons. The van der Waals surface area contributed by atoms with Crippen molar-refractivity contribution < 1.29 is 14.3 Å². The third-order valence-electron chi connectivity index (χ3n) is 4.25. The maximum Gasteiger partial charge on any atom is 0.255 e. The van der Waals surface area contributed by atoms with Crippen LogP contribution in [-0.2, 0) is 6.61 Å². The average molecular weight is 475 g/mol. The van der Waals surface area contributed by atoms with Crippen molar-refractivity contribution in [1.29, 1.82) is 0 Å². The van der Waals surface area contributed by atoms with Gasteiger partial charge in [0, 0.05) is 26.3 Å². The molecule has 0 aromatic heterocycles. The summed E-state index contributed by atoms with van der Waals surface area (Å²) in [5, 5.41) is 3.59. The van der Waals surface area contributed by atoms with E-state index in [4.69, 9.17) is 21.1 Å². The van der Waals surface area contributed by atoms with Gasteiger partial charge in [-0.1, -0.05) is 27.5 Å². The second kappa shape index (κ2) is 9.81. The van der Waals surface area contributed by atoms with Crippen LogP contribution in [0.1, 0.15) is 28.4 Å². The van der Waals surface area contributed by atoms with E-state index >= 15 is 0 Å².